The summed E-state index contributed by atoms with van der Waals surface area (Å²) in [6.45, 7) is 3.26. The molecule has 0 N–H and O–H groups in total. The number of hydrogen-bond donors (Lipinski definition) is 0. The van der Waals surface area contributed by atoms with Gasteiger partial charge in [0, 0.05) is 45.9 Å². The zero-order valence-electron chi connectivity index (χ0n) is 15.6. The molecular weight excluding hydrogens is 351 g/mol. The molecule has 27 heavy (non-hydrogen) atoms. The quantitative estimate of drug-likeness (QED) is 0.789. The second kappa shape index (κ2) is 7.07. The van der Waals surface area contributed by atoms with Crippen LogP contribution in [0.1, 0.15) is 36.2 Å². The van der Waals surface area contributed by atoms with E-state index in [4.69, 9.17) is 4.74 Å². The number of ether oxygens (including phenoxy) is 1. The molecule has 8 heteroatoms. The molecule has 3 saturated heterocycles. The van der Waals surface area contributed by atoms with E-state index in [0.717, 1.165) is 38.4 Å². The van der Waals surface area contributed by atoms with Crippen molar-refractivity contribution in [3.63, 3.8) is 0 Å². The second-order valence-corrected chi connectivity index (χ2v) is 7.73. The maximum Gasteiger partial charge on any atom is 0.320 e. The Hall–Kier alpha value is -2.22. The molecule has 0 radical (unpaired) electrons. The number of pyridine rings is 1. The van der Waals surface area contributed by atoms with Crippen LogP contribution < -0.4 is 0 Å². The highest BCUT2D eigenvalue weighted by atomic mass is 19.1. The van der Waals surface area contributed by atoms with E-state index in [0.29, 0.717) is 26.3 Å². The average molecular weight is 376 g/mol. The minimum atomic E-state index is -0.455. The van der Waals surface area contributed by atoms with Gasteiger partial charge in [-0.1, -0.05) is 0 Å². The lowest BCUT2D eigenvalue weighted by Crippen LogP contribution is -2.57. The van der Waals surface area contributed by atoms with Crippen molar-refractivity contribution in [2.24, 2.45) is 0 Å². The molecule has 0 aromatic carbocycles. The number of nitrogens with zero attached hydrogens (tertiary/aromatic N) is 4. The molecular formula is C19H25FN4O3. The Balaban J connectivity index is 1.44. The summed E-state index contributed by atoms with van der Waals surface area (Å²) in [6, 6.07) is 2.88. The minimum Gasteiger partial charge on any atom is -0.381 e. The summed E-state index contributed by atoms with van der Waals surface area (Å²) in [5, 5.41) is 0. The third-order valence-corrected chi connectivity index (χ3v) is 6.06. The van der Waals surface area contributed by atoms with Gasteiger partial charge in [0.25, 0.3) is 5.91 Å². The van der Waals surface area contributed by atoms with Crippen LogP contribution in [0.25, 0.3) is 0 Å². The number of halogens is 1. The fourth-order valence-corrected chi connectivity index (χ4v) is 4.66. The molecule has 3 aliphatic rings. The van der Waals surface area contributed by atoms with Crippen LogP contribution in [0, 0.1) is 5.82 Å². The molecule has 0 unspecified atom stereocenters. The molecule has 3 fully saturated rings. The van der Waals surface area contributed by atoms with Crippen molar-refractivity contribution in [1.29, 1.82) is 0 Å². The van der Waals surface area contributed by atoms with E-state index in [1.54, 1.807) is 4.90 Å². The topological polar surface area (TPSA) is 66.0 Å². The standard InChI is InChI=1S/C19H25FN4O3/c1-22-13-19(6-10-27-11-7-19)24(18(22)26)15-4-8-23(9-5-15)17(25)16-3-2-14(20)12-21-16/h2-3,12,15H,4-11,13H2,1H3. The molecule has 7 nitrogen and oxygen atoms in total. The molecule has 1 spiro atoms. The summed E-state index contributed by atoms with van der Waals surface area (Å²) in [5.74, 6) is -0.636. The number of carbonyl (C=O) groups excluding carboxylic acids is 2. The van der Waals surface area contributed by atoms with Gasteiger partial charge in [0.2, 0.25) is 0 Å². The van der Waals surface area contributed by atoms with Gasteiger partial charge in [-0.05, 0) is 37.8 Å². The molecule has 4 rings (SSSR count). The number of amides is 3. The first kappa shape index (κ1) is 18.2. The fraction of sp³-hybridized carbons (Fsp3) is 0.632. The molecule has 0 aliphatic carbocycles. The van der Waals surface area contributed by atoms with E-state index in [1.165, 1.54) is 12.1 Å². The highest BCUT2D eigenvalue weighted by Gasteiger charge is 2.52. The monoisotopic (exact) mass is 376 g/mol. The normalized spacial score (nSPS) is 23.3. The minimum absolute atomic E-state index is 0.0851. The lowest BCUT2D eigenvalue weighted by molar-refractivity contribution is -0.0151. The predicted molar refractivity (Wildman–Crippen MR) is 95.8 cm³/mol. The van der Waals surface area contributed by atoms with E-state index in [-0.39, 0.29) is 29.2 Å². The summed E-state index contributed by atoms with van der Waals surface area (Å²) in [4.78, 5) is 34.9. The third-order valence-electron chi connectivity index (χ3n) is 6.06. The van der Waals surface area contributed by atoms with Gasteiger partial charge < -0.3 is 19.4 Å². The van der Waals surface area contributed by atoms with E-state index in [2.05, 4.69) is 9.88 Å². The zero-order chi connectivity index (χ0) is 19.0. The molecule has 1 aromatic rings. The molecule has 3 amide bonds. The Labute approximate surface area is 158 Å². The first-order valence-corrected chi connectivity index (χ1v) is 9.53. The van der Waals surface area contributed by atoms with Crippen LogP contribution in [0.5, 0.6) is 0 Å². The van der Waals surface area contributed by atoms with Gasteiger partial charge >= 0.3 is 6.03 Å². The largest absolute Gasteiger partial charge is 0.381 e. The maximum atomic E-state index is 13.0. The first-order chi connectivity index (χ1) is 13.0. The molecule has 0 saturated carbocycles. The second-order valence-electron chi connectivity index (χ2n) is 7.73. The van der Waals surface area contributed by atoms with Crippen LogP contribution in [0.2, 0.25) is 0 Å². The maximum absolute atomic E-state index is 13.0. The van der Waals surface area contributed by atoms with Crippen LogP contribution in [-0.2, 0) is 4.74 Å². The van der Waals surface area contributed by atoms with Gasteiger partial charge in [-0.2, -0.15) is 0 Å². The van der Waals surface area contributed by atoms with Crippen LogP contribution >= 0.6 is 0 Å². The van der Waals surface area contributed by atoms with E-state index in [9.17, 15) is 14.0 Å². The molecule has 4 heterocycles. The molecule has 0 atom stereocenters. The lowest BCUT2D eigenvalue weighted by atomic mass is 9.86. The molecule has 3 aliphatic heterocycles. The van der Waals surface area contributed by atoms with Crippen molar-refractivity contribution in [3.05, 3.63) is 29.8 Å². The molecule has 0 bridgehead atoms. The number of likely N-dealkylation sites (tertiary alicyclic amines) is 1. The number of piperidine rings is 1. The number of carbonyl (C=O) groups is 2. The van der Waals surface area contributed by atoms with Crippen molar-refractivity contribution < 1.29 is 18.7 Å². The molecule has 146 valence electrons. The van der Waals surface area contributed by atoms with E-state index >= 15 is 0 Å². The lowest BCUT2D eigenvalue weighted by Gasteiger charge is -2.46. The molecule has 1 aromatic heterocycles. The van der Waals surface area contributed by atoms with Gasteiger partial charge in [0.1, 0.15) is 11.5 Å². The van der Waals surface area contributed by atoms with Gasteiger partial charge in [-0.3, -0.25) is 4.79 Å². The Morgan fingerprint density at radius 1 is 1.26 bits per heavy atom. The van der Waals surface area contributed by atoms with E-state index < -0.39 is 5.82 Å². The Morgan fingerprint density at radius 2 is 1.96 bits per heavy atom. The van der Waals surface area contributed by atoms with Gasteiger partial charge in [-0.25, -0.2) is 14.2 Å². The van der Waals surface area contributed by atoms with Gasteiger partial charge in [0.05, 0.1) is 11.7 Å². The Kier molecular flexibility index (Phi) is 4.75. The smallest absolute Gasteiger partial charge is 0.320 e. The van der Waals surface area contributed by atoms with Crippen LogP contribution in [-0.4, -0.2) is 83.1 Å². The summed E-state index contributed by atoms with van der Waals surface area (Å²) in [6.07, 6.45) is 4.28. The van der Waals surface area contributed by atoms with Gasteiger partial charge in [-0.15, -0.1) is 0 Å². The number of urea groups is 1. The number of aromatic nitrogens is 1. The van der Waals surface area contributed by atoms with Crippen LogP contribution in [0.15, 0.2) is 18.3 Å². The van der Waals surface area contributed by atoms with Crippen molar-refractivity contribution in [2.75, 3.05) is 39.9 Å². The van der Waals surface area contributed by atoms with Crippen molar-refractivity contribution in [1.82, 2.24) is 19.7 Å². The van der Waals surface area contributed by atoms with Crippen molar-refractivity contribution >= 4 is 11.9 Å². The SMILES string of the molecule is CN1CC2(CCOCC2)N(C2CCN(C(=O)c3ccc(F)cn3)CC2)C1=O. The highest BCUT2D eigenvalue weighted by Crippen LogP contribution is 2.38. The summed E-state index contributed by atoms with van der Waals surface area (Å²) in [7, 11) is 1.86. The van der Waals surface area contributed by atoms with Crippen LogP contribution in [0.3, 0.4) is 0 Å². The number of likely N-dealkylation sites (N-methyl/N-ethyl adjacent to an activating group) is 1. The summed E-state index contributed by atoms with van der Waals surface area (Å²) >= 11 is 0. The average Bonchev–Trinajstić information content (AvgIpc) is 2.92. The number of rotatable bonds is 2. The zero-order valence-corrected chi connectivity index (χ0v) is 15.6. The predicted octanol–water partition coefficient (Wildman–Crippen LogP) is 1.74. The Bertz CT molecular complexity index is 712. The van der Waals surface area contributed by atoms with E-state index in [1.807, 2.05) is 11.9 Å². The van der Waals surface area contributed by atoms with Gasteiger partial charge in [0.15, 0.2) is 0 Å². The van der Waals surface area contributed by atoms with Crippen molar-refractivity contribution in [3.8, 4) is 0 Å². The first-order valence-electron chi connectivity index (χ1n) is 9.53. The fourth-order valence-electron chi connectivity index (χ4n) is 4.66. The summed E-state index contributed by atoms with van der Waals surface area (Å²) in [5.41, 5.74) is 0.118. The third kappa shape index (κ3) is 3.26. The van der Waals surface area contributed by atoms with Crippen molar-refractivity contribution in [2.45, 2.75) is 37.3 Å². The highest BCUT2D eigenvalue weighted by molar-refractivity contribution is 5.92. The van der Waals surface area contributed by atoms with Crippen LogP contribution in [0.4, 0.5) is 9.18 Å². The Morgan fingerprint density at radius 3 is 2.59 bits per heavy atom. The number of hydrogen-bond acceptors (Lipinski definition) is 4. The summed E-state index contributed by atoms with van der Waals surface area (Å²) < 4.78 is 18.5.